The lowest BCUT2D eigenvalue weighted by Gasteiger charge is -2.29. The first-order chi connectivity index (χ1) is 10.1. The van der Waals surface area contributed by atoms with Gasteiger partial charge in [0.05, 0.1) is 12.5 Å². The van der Waals surface area contributed by atoms with E-state index in [1.54, 1.807) is 26.1 Å². The van der Waals surface area contributed by atoms with Gasteiger partial charge in [0.1, 0.15) is 0 Å². The fourth-order valence-corrected chi connectivity index (χ4v) is 2.73. The number of methoxy groups -OCH3 is 1. The highest BCUT2D eigenvalue weighted by Crippen LogP contribution is 2.24. The number of nitrogens with zero attached hydrogens (tertiary/aromatic N) is 1. The van der Waals surface area contributed by atoms with Crippen LogP contribution < -0.4 is 5.32 Å². The van der Waals surface area contributed by atoms with E-state index in [1.807, 2.05) is 12.1 Å². The average molecular weight is 290 g/mol. The van der Waals surface area contributed by atoms with Gasteiger partial charge in [0.2, 0.25) is 5.91 Å². The van der Waals surface area contributed by atoms with Crippen LogP contribution in [0.1, 0.15) is 31.2 Å². The fraction of sp³-hybridized carbons (Fsp3) is 0.588. The van der Waals surface area contributed by atoms with E-state index in [9.17, 15) is 4.79 Å². The van der Waals surface area contributed by atoms with Gasteiger partial charge in [-0.1, -0.05) is 12.1 Å². The molecule has 0 spiro atoms. The van der Waals surface area contributed by atoms with Crippen LogP contribution >= 0.6 is 0 Å². The Labute approximate surface area is 127 Å². The second-order valence-electron chi connectivity index (χ2n) is 6.02. The molecule has 0 heterocycles. The molecule has 2 rings (SSSR count). The summed E-state index contributed by atoms with van der Waals surface area (Å²) < 4.78 is 5.40. The molecule has 1 saturated carbocycles. The van der Waals surface area contributed by atoms with Crippen molar-refractivity contribution in [2.24, 2.45) is 0 Å². The standard InChI is InChI=1S/C17H26N2O2/c1-19(2)17(20)12-13-4-6-14(7-5-13)18-15-8-10-16(21-3)11-9-15/h4-7,15-16,18H,8-12H2,1-3H3. The summed E-state index contributed by atoms with van der Waals surface area (Å²) in [6.07, 6.45) is 5.46. The van der Waals surface area contributed by atoms with Gasteiger partial charge in [-0.2, -0.15) is 0 Å². The monoisotopic (exact) mass is 290 g/mol. The second-order valence-corrected chi connectivity index (χ2v) is 6.02. The molecule has 1 aromatic carbocycles. The third kappa shape index (κ3) is 4.74. The highest BCUT2D eigenvalue weighted by Gasteiger charge is 2.20. The minimum atomic E-state index is 0.133. The molecule has 1 fully saturated rings. The highest BCUT2D eigenvalue weighted by molar-refractivity contribution is 5.78. The molecular weight excluding hydrogens is 264 g/mol. The molecule has 0 aromatic heterocycles. The lowest BCUT2D eigenvalue weighted by molar-refractivity contribution is -0.127. The maximum absolute atomic E-state index is 11.7. The van der Waals surface area contributed by atoms with Gasteiger partial charge >= 0.3 is 0 Å². The molecule has 116 valence electrons. The predicted octanol–water partition coefficient (Wildman–Crippen LogP) is 2.69. The van der Waals surface area contributed by atoms with Crippen LogP contribution in [0.15, 0.2) is 24.3 Å². The summed E-state index contributed by atoms with van der Waals surface area (Å²) in [6.45, 7) is 0. The molecule has 4 heteroatoms. The number of rotatable bonds is 5. The summed E-state index contributed by atoms with van der Waals surface area (Å²) in [5.74, 6) is 0.133. The number of anilines is 1. The molecule has 4 nitrogen and oxygen atoms in total. The highest BCUT2D eigenvalue weighted by atomic mass is 16.5. The Morgan fingerprint density at radius 1 is 1.19 bits per heavy atom. The van der Waals surface area contributed by atoms with Gasteiger partial charge in [-0.25, -0.2) is 0 Å². The van der Waals surface area contributed by atoms with E-state index >= 15 is 0 Å². The van der Waals surface area contributed by atoms with Gasteiger partial charge in [0, 0.05) is 32.9 Å². The maximum Gasteiger partial charge on any atom is 0.226 e. The summed E-state index contributed by atoms with van der Waals surface area (Å²) in [7, 11) is 5.37. The van der Waals surface area contributed by atoms with Crippen molar-refractivity contribution in [3.05, 3.63) is 29.8 Å². The lowest BCUT2D eigenvalue weighted by atomic mass is 9.93. The smallest absolute Gasteiger partial charge is 0.226 e. The van der Waals surface area contributed by atoms with E-state index in [4.69, 9.17) is 4.74 Å². The molecule has 1 aliphatic carbocycles. The van der Waals surface area contributed by atoms with E-state index in [-0.39, 0.29) is 5.91 Å². The zero-order chi connectivity index (χ0) is 15.2. The largest absolute Gasteiger partial charge is 0.382 e. The Morgan fingerprint density at radius 3 is 2.33 bits per heavy atom. The normalized spacial score (nSPS) is 21.9. The van der Waals surface area contributed by atoms with Gasteiger partial charge in [-0.05, 0) is 43.4 Å². The zero-order valence-corrected chi connectivity index (χ0v) is 13.3. The molecular formula is C17H26N2O2. The molecule has 1 N–H and O–H groups in total. The van der Waals surface area contributed by atoms with Gasteiger partial charge < -0.3 is 15.0 Å². The summed E-state index contributed by atoms with van der Waals surface area (Å²) in [4.78, 5) is 13.3. The van der Waals surface area contributed by atoms with Gasteiger partial charge in [0.25, 0.3) is 0 Å². The van der Waals surface area contributed by atoms with Crippen LogP contribution in [0.3, 0.4) is 0 Å². The third-order valence-electron chi connectivity index (χ3n) is 4.19. The van der Waals surface area contributed by atoms with Crippen LogP contribution in [0.25, 0.3) is 0 Å². The number of benzene rings is 1. The van der Waals surface area contributed by atoms with Crippen LogP contribution in [0.5, 0.6) is 0 Å². The molecule has 21 heavy (non-hydrogen) atoms. The van der Waals surface area contributed by atoms with Crippen LogP contribution in [0.4, 0.5) is 5.69 Å². The van der Waals surface area contributed by atoms with Crippen molar-refractivity contribution in [1.29, 1.82) is 0 Å². The van der Waals surface area contributed by atoms with E-state index in [1.165, 1.54) is 0 Å². The molecule has 0 bridgehead atoms. The molecule has 0 radical (unpaired) electrons. The number of carbonyl (C=O) groups is 1. The Balaban J connectivity index is 1.84. The summed E-state index contributed by atoms with van der Waals surface area (Å²) in [5, 5.41) is 3.58. The molecule has 0 aliphatic heterocycles. The van der Waals surface area contributed by atoms with E-state index in [0.717, 1.165) is 36.9 Å². The van der Waals surface area contributed by atoms with Crippen molar-refractivity contribution in [3.8, 4) is 0 Å². The zero-order valence-electron chi connectivity index (χ0n) is 13.3. The third-order valence-corrected chi connectivity index (χ3v) is 4.19. The molecule has 0 atom stereocenters. The quantitative estimate of drug-likeness (QED) is 0.906. The average Bonchev–Trinajstić information content (AvgIpc) is 2.50. The Bertz CT molecular complexity index is 448. The Kier molecular flexibility index (Phi) is 5.62. The van der Waals surface area contributed by atoms with E-state index in [2.05, 4.69) is 17.4 Å². The van der Waals surface area contributed by atoms with Crippen molar-refractivity contribution < 1.29 is 9.53 Å². The van der Waals surface area contributed by atoms with Gasteiger partial charge in [-0.3, -0.25) is 4.79 Å². The van der Waals surface area contributed by atoms with Crippen molar-refractivity contribution in [2.75, 3.05) is 26.5 Å². The first kappa shape index (κ1) is 15.8. The van der Waals surface area contributed by atoms with Crippen molar-refractivity contribution in [2.45, 2.75) is 44.2 Å². The summed E-state index contributed by atoms with van der Waals surface area (Å²) in [5.41, 5.74) is 2.19. The summed E-state index contributed by atoms with van der Waals surface area (Å²) in [6, 6.07) is 8.74. The number of likely N-dealkylation sites (N-methyl/N-ethyl adjacent to an activating group) is 1. The number of hydrogen-bond acceptors (Lipinski definition) is 3. The van der Waals surface area contributed by atoms with Crippen molar-refractivity contribution >= 4 is 11.6 Å². The van der Waals surface area contributed by atoms with Gasteiger partial charge in [0.15, 0.2) is 0 Å². The van der Waals surface area contributed by atoms with Crippen LogP contribution in [-0.2, 0) is 16.0 Å². The minimum absolute atomic E-state index is 0.133. The number of hydrogen-bond donors (Lipinski definition) is 1. The molecule has 1 aromatic rings. The number of ether oxygens (including phenoxy) is 1. The maximum atomic E-state index is 11.7. The van der Waals surface area contributed by atoms with Crippen LogP contribution in [0, 0.1) is 0 Å². The number of carbonyl (C=O) groups excluding carboxylic acids is 1. The molecule has 0 saturated heterocycles. The van der Waals surface area contributed by atoms with Crippen LogP contribution in [-0.4, -0.2) is 44.2 Å². The Hall–Kier alpha value is -1.55. The van der Waals surface area contributed by atoms with Gasteiger partial charge in [-0.15, -0.1) is 0 Å². The van der Waals surface area contributed by atoms with Crippen molar-refractivity contribution in [1.82, 2.24) is 4.90 Å². The first-order valence-electron chi connectivity index (χ1n) is 7.67. The van der Waals surface area contributed by atoms with E-state index in [0.29, 0.717) is 18.6 Å². The lowest BCUT2D eigenvalue weighted by Crippen LogP contribution is -2.29. The Morgan fingerprint density at radius 2 is 1.81 bits per heavy atom. The van der Waals surface area contributed by atoms with Crippen molar-refractivity contribution in [3.63, 3.8) is 0 Å². The second kappa shape index (κ2) is 7.46. The van der Waals surface area contributed by atoms with Crippen LogP contribution in [0.2, 0.25) is 0 Å². The predicted molar refractivity (Wildman–Crippen MR) is 85.5 cm³/mol. The SMILES string of the molecule is COC1CCC(Nc2ccc(CC(=O)N(C)C)cc2)CC1. The fourth-order valence-electron chi connectivity index (χ4n) is 2.73. The van der Waals surface area contributed by atoms with E-state index < -0.39 is 0 Å². The number of nitrogens with one attached hydrogen (secondary N) is 1. The minimum Gasteiger partial charge on any atom is -0.382 e. The topological polar surface area (TPSA) is 41.6 Å². The molecule has 1 amide bonds. The summed E-state index contributed by atoms with van der Waals surface area (Å²) >= 11 is 0. The molecule has 0 unspecified atom stereocenters. The first-order valence-corrected chi connectivity index (χ1v) is 7.67. The number of amides is 1. The molecule has 1 aliphatic rings.